The van der Waals surface area contributed by atoms with Gasteiger partial charge in [-0.15, -0.1) is 0 Å². The first kappa shape index (κ1) is 17.9. The van der Waals surface area contributed by atoms with Crippen molar-refractivity contribution in [2.75, 3.05) is 12.4 Å². The van der Waals surface area contributed by atoms with Crippen LogP contribution in [0.4, 0.5) is 5.69 Å². The summed E-state index contributed by atoms with van der Waals surface area (Å²) < 4.78 is 4.68. The second-order valence-electron chi connectivity index (χ2n) is 5.57. The van der Waals surface area contributed by atoms with Crippen molar-refractivity contribution in [1.29, 1.82) is 0 Å². The number of nitrogens with zero attached hydrogens (tertiary/aromatic N) is 1. The number of methoxy groups -OCH3 is 1. The Morgan fingerprint density at radius 1 is 0.926 bits per heavy atom. The van der Waals surface area contributed by atoms with Crippen LogP contribution in [0.25, 0.3) is 0 Å². The molecule has 0 fully saturated rings. The van der Waals surface area contributed by atoms with Crippen LogP contribution in [0.1, 0.15) is 32.0 Å². The minimum atomic E-state index is -0.489. The average molecular weight is 356 g/mol. The standard InChI is InChI=1S/C22H16N2O3/c1-27-22(26)18-8-5-7-17(15-18)21(25)24-20-10-4-6-16(14-20)11-12-19-9-2-3-13-23-19/h2-10,13-15H,1H3,(H,24,25). The van der Waals surface area contributed by atoms with Gasteiger partial charge in [0.2, 0.25) is 0 Å². The van der Waals surface area contributed by atoms with E-state index < -0.39 is 5.97 Å². The number of carbonyl (C=O) groups is 2. The molecule has 132 valence electrons. The van der Waals surface area contributed by atoms with Crippen molar-refractivity contribution in [2.45, 2.75) is 0 Å². The predicted octanol–water partition coefficient (Wildman–Crippen LogP) is 3.52. The van der Waals surface area contributed by atoms with Crippen molar-refractivity contribution >= 4 is 17.6 Å². The van der Waals surface area contributed by atoms with Gasteiger partial charge in [0.1, 0.15) is 5.69 Å². The molecule has 1 amide bonds. The van der Waals surface area contributed by atoms with Gasteiger partial charge >= 0.3 is 5.97 Å². The maximum Gasteiger partial charge on any atom is 0.337 e. The number of hydrogen-bond acceptors (Lipinski definition) is 4. The largest absolute Gasteiger partial charge is 0.465 e. The van der Waals surface area contributed by atoms with E-state index in [-0.39, 0.29) is 5.91 Å². The molecule has 0 bridgehead atoms. The average Bonchev–Trinajstić information content (AvgIpc) is 2.73. The van der Waals surface area contributed by atoms with Gasteiger partial charge in [0.25, 0.3) is 5.91 Å². The fraction of sp³-hybridized carbons (Fsp3) is 0.0455. The Morgan fingerprint density at radius 2 is 1.74 bits per heavy atom. The van der Waals surface area contributed by atoms with Gasteiger partial charge in [-0.25, -0.2) is 9.78 Å². The van der Waals surface area contributed by atoms with Gasteiger partial charge in [-0.2, -0.15) is 0 Å². The van der Waals surface area contributed by atoms with E-state index in [0.717, 1.165) is 5.56 Å². The van der Waals surface area contributed by atoms with Crippen molar-refractivity contribution in [3.05, 3.63) is 95.3 Å². The molecule has 0 saturated heterocycles. The number of rotatable bonds is 3. The number of pyridine rings is 1. The van der Waals surface area contributed by atoms with Gasteiger partial charge in [0.15, 0.2) is 0 Å². The lowest BCUT2D eigenvalue weighted by atomic mass is 10.1. The van der Waals surface area contributed by atoms with E-state index >= 15 is 0 Å². The smallest absolute Gasteiger partial charge is 0.337 e. The number of carbonyl (C=O) groups excluding carboxylic acids is 2. The fourth-order valence-electron chi connectivity index (χ4n) is 2.36. The Morgan fingerprint density at radius 3 is 2.52 bits per heavy atom. The summed E-state index contributed by atoms with van der Waals surface area (Å²) in [5, 5.41) is 2.81. The summed E-state index contributed by atoms with van der Waals surface area (Å²) in [6.07, 6.45) is 1.68. The Kier molecular flexibility index (Phi) is 5.60. The Balaban J connectivity index is 1.76. The quantitative estimate of drug-likeness (QED) is 0.576. The highest BCUT2D eigenvalue weighted by Crippen LogP contribution is 2.13. The molecule has 0 aliphatic rings. The molecule has 5 heteroatoms. The Labute approximate surface area is 157 Å². The monoisotopic (exact) mass is 356 g/mol. The van der Waals surface area contributed by atoms with Gasteiger partial charge in [-0.3, -0.25) is 4.79 Å². The van der Waals surface area contributed by atoms with Crippen molar-refractivity contribution < 1.29 is 14.3 Å². The molecule has 0 saturated carbocycles. The zero-order valence-corrected chi connectivity index (χ0v) is 14.6. The minimum Gasteiger partial charge on any atom is -0.465 e. The summed E-state index contributed by atoms with van der Waals surface area (Å²) in [5.74, 6) is 5.18. The summed E-state index contributed by atoms with van der Waals surface area (Å²) in [7, 11) is 1.30. The zero-order chi connectivity index (χ0) is 19.1. The minimum absolute atomic E-state index is 0.320. The molecule has 0 unspecified atom stereocenters. The van der Waals surface area contributed by atoms with Gasteiger partial charge < -0.3 is 10.1 Å². The Hall–Kier alpha value is -3.91. The topological polar surface area (TPSA) is 68.3 Å². The molecule has 0 aliphatic heterocycles. The molecule has 0 atom stereocenters. The highest BCUT2D eigenvalue weighted by atomic mass is 16.5. The van der Waals surface area contributed by atoms with Crippen LogP contribution in [-0.2, 0) is 4.74 Å². The number of hydrogen-bond donors (Lipinski definition) is 1. The SMILES string of the molecule is COC(=O)c1cccc(C(=O)Nc2cccc(C#Cc3ccccn3)c2)c1. The number of benzene rings is 2. The lowest BCUT2D eigenvalue weighted by Gasteiger charge is -2.07. The van der Waals surface area contributed by atoms with E-state index in [9.17, 15) is 9.59 Å². The maximum absolute atomic E-state index is 12.5. The second kappa shape index (κ2) is 8.45. The lowest BCUT2D eigenvalue weighted by molar-refractivity contribution is 0.0600. The summed E-state index contributed by atoms with van der Waals surface area (Å²) >= 11 is 0. The van der Waals surface area contributed by atoms with Crippen LogP contribution in [0.15, 0.2) is 72.9 Å². The van der Waals surface area contributed by atoms with E-state index in [1.807, 2.05) is 30.3 Å². The van der Waals surface area contributed by atoms with Gasteiger partial charge in [-0.1, -0.05) is 24.1 Å². The molecule has 2 aromatic carbocycles. The van der Waals surface area contributed by atoms with Crippen molar-refractivity contribution in [3.8, 4) is 11.8 Å². The molecule has 0 radical (unpaired) electrons. The molecule has 0 aliphatic carbocycles. The van der Waals surface area contributed by atoms with E-state index in [0.29, 0.717) is 22.5 Å². The van der Waals surface area contributed by atoms with E-state index in [2.05, 4.69) is 26.9 Å². The number of esters is 1. The molecule has 3 aromatic rings. The van der Waals surface area contributed by atoms with Crippen LogP contribution in [0.2, 0.25) is 0 Å². The number of aromatic nitrogens is 1. The normalized spacial score (nSPS) is 9.67. The van der Waals surface area contributed by atoms with Gasteiger partial charge in [0, 0.05) is 23.0 Å². The summed E-state index contributed by atoms with van der Waals surface area (Å²) in [5.41, 5.74) is 2.72. The molecule has 1 heterocycles. The number of amides is 1. The van der Waals surface area contributed by atoms with Crippen LogP contribution in [-0.4, -0.2) is 24.0 Å². The molecule has 5 nitrogen and oxygen atoms in total. The van der Waals surface area contributed by atoms with Crippen molar-refractivity contribution in [1.82, 2.24) is 4.98 Å². The molecule has 1 N–H and O–H groups in total. The molecular formula is C22H16N2O3. The maximum atomic E-state index is 12.5. The highest BCUT2D eigenvalue weighted by molar-refractivity contribution is 6.05. The van der Waals surface area contributed by atoms with E-state index in [1.165, 1.54) is 13.2 Å². The summed E-state index contributed by atoms with van der Waals surface area (Å²) in [4.78, 5) is 28.2. The first-order valence-electron chi connectivity index (χ1n) is 8.18. The lowest BCUT2D eigenvalue weighted by Crippen LogP contribution is -2.13. The van der Waals surface area contributed by atoms with Crippen LogP contribution in [0.3, 0.4) is 0 Å². The zero-order valence-electron chi connectivity index (χ0n) is 14.6. The van der Waals surface area contributed by atoms with Crippen LogP contribution >= 0.6 is 0 Å². The first-order valence-corrected chi connectivity index (χ1v) is 8.18. The van der Waals surface area contributed by atoms with Crippen molar-refractivity contribution in [3.63, 3.8) is 0 Å². The molecule has 1 aromatic heterocycles. The van der Waals surface area contributed by atoms with Gasteiger partial charge in [-0.05, 0) is 54.5 Å². The number of anilines is 1. The van der Waals surface area contributed by atoms with Crippen LogP contribution < -0.4 is 5.32 Å². The first-order chi connectivity index (χ1) is 13.2. The van der Waals surface area contributed by atoms with Crippen LogP contribution in [0, 0.1) is 11.8 Å². The van der Waals surface area contributed by atoms with Crippen LogP contribution in [0.5, 0.6) is 0 Å². The van der Waals surface area contributed by atoms with E-state index in [1.54, 1.807) is 36.5 Å². The van der Waals surface area contributed by atoms with Crippen molar-refractivity contribution in [2.24, 2.45) is 0 Å². The Bertz CT molecular complexity index is 1030. The molecule has 27 heavy (non-hydrogen) atoms. The molecule has 3 rings (SSSR count). The summed E-state index contributed by atoms with van der Waals surface area (Å²) in [6, 6.07) is 19.1. The van der Waals surface area contributed by atoms with Gasteiger partial charge in [0.05, 0.1) is 12.7 Å². The third kappa shape index (κ3) is 4.80. The number of ether oxygens (including phenoxy) is 1. The second-order valence-corrected chi connectivity index (χ2v) is 5.57. The third-order valence-corrected chi connectivity index (χ3v) is 3.67. The molecular weight excluding hydrogens is 340 g/mol. The fourth-order valence-corrected chi connectivity index (χ4v) is 2.36. The summed E-state index contributed by atoms with van der Waals surface area (Å²) in [6.45, 7) is 0. The highest BCUT2D eigenvalue weighted by Gasteiger charge is 2.11. The third-order valence-electron chi connectivity index (χ3n) is 3.67. The van der Waals surface area contributed by atoms with E-state index in [4.69, 9.17) is 0 Å². The number of nitrogens with one attached hydrogen (secondary N) is 1. The predicted molar refractivity (Wildman–Crippen MR) is 102 cm³/mol. The molecule has 0 spiro atoms.